The number of aryl methyl sites for hydroxylation is 1. The molecule has 0 saturated heterocycles. The van der Waals surface area contributed by atoms with Crippen LogP contribution in [0.4, 0.5) is 0 Å². The second-order valence-electron chi connectivity index (χ2n) is 6.34. The zero-order chi connectivity index (χ0) is 18.0. The van der Waals surface area contributed by atoms with Crippen LogP contribution in [0, 0.1) is 0 Å². The molecule has 0 fully saturated rings. The van der Waals surface area contributed by atoms with E-state index >= 15 is 0 Å². The molecule has 3 aromatic rings. The minimum atomic E-state index is -0.284. The third-order valence-corrected chi connectivity index (χ3v) is 4.48. The minimum Gasteiger partial charge on any atom is -0.336 e. The fourth-order valence-electron chi connectivity index (χ4n) is 3.14. The van der Waals surface area contributed by atoms with E-state index in [1.165, 1.54) is 4.57 Å². The number of fused-ring (bicyclic) bond motifs is 1. The third kappa shape index (κ3) is 3.04. The summed E-state index contributed by atoms with van der Waals surface area (Å²) in [6.07, 6.45) is 1.53. The molecule has 6 nitrogen and oxygen atoms in total. The third-order valence-electron chi connectivity index (χ3n) is 4.48. The average molecular weight is 340 g/mol. The number of nitrogens with zero attached hydrogens (tertiary/aromatic N) is 3. The Bertz CT molecular complexity index is 982. The number of hydrogen-bond acceptors (Lipinski definition) is 3. The van der Waals surface area contributed by atoms with Crippen molar-refractivity contribution < 1.29 is 0 Å². The van der Waals surface area contributed by atoms with Crippen molar-refractivity contribution in [3.05, 3.63) is 62.6 Å². The van der Waals surface area contributed by atoms with Crippen LogP contribution < -0.4 is 11.2 Å². The molecule has 1 aromatic carbocycles. The molecule has 6 heteroatoms. The second-order valence-corrected chi connectivity index (χ2v) is 6.34. The highest BCUT2D eigenvalue weighted by Crippen LogP contribution is 2.22. The number of rotatable bonds is 6. The lowest BCUT2D eigenvalue weighted by Crippen LogP contribution is -2.40. The molecular weight excluding hydrogens is 316 g/mol. The van der Waals surface area contributed by atoms with E-state index in [2.05, 4.69) is 9.97 Å². The maximum absolute atomic E-state index is 12.7. The van der Waals surface area contributed by atoms with E-state index in [-0.39, 0.29) is 17.2 Å². The number of benzene rings is 1. The van der Waals surface area contributed by atoms with Crippen LogP contribution in [0.3, 0.4) is 0 Å². The van der Waals surface area contributed by atoms with Gasteiger partial charge in [-0.15, -0.1) is 0 Å². The van der Waals surface area contributed by atoms with Crippen LogP contribution in [0.5, 0.6) is 0 Å². The maximum Gasteiger partial charge on any atom is 0.332 e. The Kier molecular flexibility index (Phi) is 4.88. The first kappa shape index (κ1) is 17.2. The molecule has 3 rings (SSSR count). The molecule has 25 heavy (non-hydrogen) atoms. The summed E-state index contributed by atoms with van der Waals surface area (Å²) in [4.78, 5) is 33.3. The van der Waals surface area contributed by atoms with Gasteiger partial charge in [-0.25, -0.2) is 9.78 Å². The average Bonchev–Trinajstić information content (AvgIpc) is 3.08. The van der Waals surface area contributed by atoms with Crippen LogP contribution in [0.2, 0.25) is 0 Å². The molecule has 2 heterocycles. The molecule has 0 aliphatic carbocycles. The number of aromatic nitrogens is 4. The number of nitrogens with one attached hydrogen (secondary N) is 1. The standard InChI is InChI=1S/C19H24N4O2/c1-4-11-22-17-15(18(24)23(12-5-2)19(22)25)20-16(21-17)13(3)14-9-7-6-8-10-14/h6-10,13H,4-5,11-12H2,1-3H3,(H,20,21)/t13-/m1/s1. The van der Waals surface area contributed by atoms with E-state index in [9.17, 15) is 9.59 Å². The second kappa shape index (κ2) is 7.09. The van der Waals surface area contributed by atoms with Gasteiger partial charge in [0.15, 0.2) is 5.65 Å². The van der Waals surface area contributed by atoms with Gasteiger partial charge in [-0.1, -0.05) is 51.1 Å². The van der Waals surface area contributed by atoms with Gasteiger partial charge in [0.1, 0.15) is 11.3 Å². The van der Waals surface area contributed by atoms with Gasteiger partial charge in [0.25, 0.3) is 5.56 Å². The Labute approximate surface area is 146 Å². The van der Waals surface area contributed by atoms with E-state index in [1.54, 1.807) is 4.57 Å². The Balaban J connectivity index is 2.22. The highest BCUT2D eigenvalue weighted by atomic mass is 16.2. The molecule has 0 radical (unpaired) electrons. The predicted molar refractivity (Wildman–Crippen MR) is 99.2 cm³/mol. The zero-order valence-electron chi connectivity index (χ0n) is 15.0. The Hall–Kier alpha value is -2.63. The van der Waals surface area contributed by atoms with Crippen molar-refractivity contribution in [2.24, 2.45) is 0 Å². The van der Waals surface area contributed by atoms with Gasteiger partial charge < -0.3 is 4.98 Å². The van der Waals surface area contributed by atoms with E-state index < -0.39 is 0 Å². The van der Waals surface area contributed by atoms with Crippen LogP contribution >= 0.6 is 0 Å². The van der Waals surface area contributed by atoms with Crippen LogP contribution in [-0.4, -0.2) is 19.1 Å². The molecule has 0 saturated carbocycles. The summed E-state index contributed by atoms with van der Waals surface area (Å²) < 4.78 is 2.93. The van der Waals surface area contributed by atoms with Crippen LogP contribution in [-0.2, 0) is 13.1 Å². The fraction of sp³-hybridized carbons (Fsp3) is 0.421. The van der Waals surface area contributed by atoms with Crippen molar-refractivity contribution in [3.63, 3.8) is 0 Å². The van der Waals surface area contributed by atoms with Gasteiger partial charge in [-0.3, -0.25) is 13.9 Å². The molecule has 0 bridgehead atoms. The summed E-state index contributed by atoms with van der Waals surface area (Å²) in [5.74, 6) is 0.717. The molecular formula is C19H24N4O2. The lowest BCUT2D eigenvalue weighted by molar-refractivity contribution is 0.555. The van der Waals surface area contributed by atoms with Crippen molar-refractivity contribution in [3.8, 4) is 0 Å². The Morgan fingerprint density at radius 1 is 1.04 bits per heavy atom. The lowest BCUT2D eigenvalue weighted by Gasteiger charge is -2.09. The van der Waals surface area contributed by atoms with E-state index in [0.717, 1.165) is 18.4 Å². The van der Waals surface area contributed by atoms with Gasteiger partial charge in [0.2, 0.25) is 0 Å². The van der Waals surface area contributed by atoms with Gasteiger partial charge in [-0.2, -0.15) is 0 Å². The fourth-order valence-corrected chi connectivity index (χ4v) is 3.14. The lowest BCUT2D eigenvalue weighted by atomic mass is 10.0. The van der Waals surface area contributed by atoms with Crippen molar-refractivity contribution in [1.29, 1.82) is 0 Å². The Morgan fingerprint density at radius 3 is 2.32 bits per heavy atom. The number of hydrogen-bond donors (Lipinski definition) is 1. The minimum absolute atomic E-state index is 0.0119. The SMILES string of the molecule is CCCn1c(=O)c2[nH]c([C@H](C)c3ccccc3)nc2n(CCC)c1=O. The summed E-state index contributed by atoms with van der Waals surface area (Å²) in [5, 5.41) is 0. The summed E-state index contributed by atoms with van der Waals surface area (Å²) in [6.45, 7) is 6.97. The van der Waals surface area contributed by atoms with Gasteiger partial charge >= 0.3 is 5.69 Å². The quantitative estimate of drug-likeness (QED) is 0.750. The summed E-state index contributed by atoms with van der Waals surface area (Å²) in [5.41, 5.74) is 1.43. The van der Waals surface area contributed by atoms with Gasteiger partial charge in [0.05, 0.1) is 0 Å². The molecule has 0 aliphatic rings. The molecule has 2 aromatic heterocycles. The van der Waals surface area contributed by atoms with Crippen LogP contribution in [0.15, 0.2) is 39.9 Å². The van der Waals surface area contributed by atoms with E-state index in [1.807, 2.05) is 51.1 Å². The normalized spacial score (nSPS) is 12.6. The molecule has 132 valence electrons. The number of H-pyrrole nitrogens is 1. The van der Waals surface area contributed by atoms with Crippen molar-refractivity contribution in [1.82, 2.24) is 19.1 Å². The van der Waals surface area contributed by atoms with E-state index in [4.69, 9.17) is 0 Å². The molecule has 0 unspecified atom stereocenters. The summed E-state index contributed by atoms with van der Waals surface area (Å²) in [6, 6.07) is 10.0. The zero-order valence-corrected chi connectivity index (χ0v) is 15.0. The molecule has 0 aliphatic heterocycles. The summed E-state index contributed by atoms with van der Waals surface area (Å²) >= 11 is 0. The summed E-state index contributed by atoms with van der Waals surface area (Å²) in [7, 11) is 0. The first-order valence-corrected chi connectivity index (χ1v) is 8.86. The largest absolute Gasteiger partial charge is 0.336 e. The molecule has 0 amide bonds. The molecule has 1 N–H and O–H groups in total. The van der Waals surface area contributed by atoms with E-state index in [0.29, 0.717) is 30.1 Å². The van der Waals surface area contributed by atoms with Crippen molar-refractivity contribution >= 4 is 11.2 Å². The topological polar surface area (TPSA) is 72.7 Å². The smallest absolute Gasteiger partial charge is 0.332 e. The Morgan fingerprint density at radius 2 is 1.68 bits per heavy atom. The highest BCUT2D eigenvalue weighted by Gasteiger charge is 2.19. The maximum atomic E-state index is 12.7. The highest BCUT2D eigenvalue weighted by molar-refractivity contribution is 5.70. The first-order chi connectivity index (χ1) is 12.1. The van der Waals surface area contributed by atoms with Crippen LogP contribution in [0.1, 0.15) is 50.9 Å². The van der Waals surface area contributed by atoms with Crippen LogP contribution in [0.25, 0.3) is 11.2 Å². The first-order valence-electron chi connectivity index (χ1n) is 8.86. The molecule has 1 atom stereocenters. The van der Waals surface area contributed by atoms with Gasteiger partial charge in [-0.05, 0) is 18.4 Å². The number of imidazole rings is 1. The number of aromatic amines is 1. The predicted octanol–water partition coefficient (Wildman–Crippen LogP) is 2.86. The van der Waals surface area contributed by atoms with Crippen molar-refractivity contribution in [2.75, 3.05) is 0 Å². The van der Waals surface area contributed by atoms with Gasteiger partial charge in [0, 0.05) is 19.0 Å². The van der Waals surface area contributed by atoms with Crippen molar-refractivity contribution in [2.45, 2.75) is 52.6 Å². The monoisotopic (exact) mass is 340 g/mol. The molecule has 0 spiro atoms.